The molecule has 4 heteroatoms. The van der Waals surface area contributed by atoms with Crippen molar-refractivity contribution in [2.45, 2.75) is 38.8 Å². The number of hydrogen-bond donors (Lipinski definition) is 2. The Morgan fingerprint density at radius 1 is 1.32 bits per heavy atom. The zero-order valence-corrected chi connectivity index (χ0v) is 11.8. The van der Waals surface area contributed by atoms with Crippen LogP contribution < -0.4 is 11.1 Å². The number of benzene rings is 1. The first-order valence-corrected chi connectivity index (χ1v) is 6.78. The smallest absolute Gasteiger partial charge is 0.237 e. The first-order valence-electron chi connectivity index (χ1n) is 6.78. The molecular formula is C15H24N2O2. The van der Waals surface area contributed by atoms with Crippen LogP contribution in [0.1, 0.15) is 25.8 Å². The second kappa shape index (κ2) is 8.67. The van der Waals surface area contributed by atoms with Crippen LogP contribution in [0.4, 0.5) is 0 Å². The molecule has 0 fully saturated rings. The van der Waals surface area contributed by atoms with Gasteiger partial charge in [0.15, 0.2) is 0 Å². The molecule has 0 spiro atoms. The molecule has 0 saturated heterocycles. The SMILES string of the molecule is CC(C)OCCNC(=O)[C@@H](N)CCc1ccccc1. The molecule has 1 amide bonds. The minimum absolute atomic E-state index is 0.108. The van der Waals surface area contributed by atoms with E-state index in [9.17, 15) is 4.79 Å². The van der Waals surface area contributed by atoms with Crippen molar-refractivity contribution in [1.29, 1.82) is 0 Å². The lowest BCUT2D eigenvalue weighted by Crippen LogP contribution is -2.42. The van der Waals surface area contributed by atoms with E-state index in [0.29, 0.717) is 19.6 Å². The standard InChI is InChI=1S/C15H24N2O2/c1-12(2)19-11-10-17-15(18)14(16)9-8-13-6-4-3-5-7-13/h3-7,12,14H,8-11,16H2,1-2H3,(H,17,18)/t14-/m0/s1. The highest BCUT2D eigenvalue weighted by molar-refractivity contribution is 5.81. The van der Waals surface area contributed by atoms with Crippen molar-refractivity contribution in [2.24, 2.45) is 5.73 Å². The number of carbonyl (C=O) groups is 1. The molecule has 4 nitrogen and oxygen atoms in total. The molecule has 0 aliphatic carbocycles. The van der Waals surface area contributed by atoms with E-state index in [0.717, 1.165) is 6.42 Å². The van der Waals surface area contributed by atoms with Crippen LogP contribution in [0.3, 0.4) is 0 Å². The van der Waals surface area contributed by atoms with E-state index in [2.05, 4.69) is 5.32 Å². The topological polar surface area (TPSA) is 64.3 Å². The van der Waals surface area contributed by atoms with Gasteiger partial charge in [-0.2, -0.15) is 0 Å². The minimum Gasteiger partial charge on any atom is -0.377 e. The van der Waals surface area contributed by atoms with Gasteiger partial charge >= 0.3 is 0 Å². The van der Waals surface area contributed by atoms with Crippen LogP contribution in [0.5, 0.6) is 0 Å². The summed E-state index contributed by atoms with van der Waals surface area (Å²) in [5.41, 5.74) is 7.06. The van der Waals surface area contributed by atoms with Gasteiger partial charge in [0.1, 0.15) is 0 Å². The van der Waals surface area contributed by atoms with Crippen molar-refractivity contribution >= 4 is 5.91 Å². The summed E-state index contributed by atoms with van der Waals surface area (Å²) in [5.74, 6) is -0.108. The van der Waals surface area contributed by atoms with E-state index < -0.39 is 6.04 Å². The molecule has 0 aliphatic heterocycles. The van der Waals surface area contributed by atoms with Gasteiger partial charge in [-0.15, -0.1) is 0 Å². The van der Waals surface area contributed by atoms with Gasteiger partial charge in [0, 0.05) is 6.54 Å². The molecule has 0 bridgehead atoms. The monoisotopic (exact) mass is 264 g/mol. The number of aryl methyl sites for hydroxylation is 1. The molecule has 1 atom stereocenters. The molecule has 1 rings (SSSR count). The number of amides is 1. The van der Waals surface area contributed by atoms with Crippen molar-refractivity contribution in [1.82, 2.24) is 5.32 Å². The van der Waals surface area contributed by atoms with Gasteiger partial charge in [-0.1, -0.05) is 30.3 Å². The van der Waals surface area contributed by atoms with Gasteiger partial charge in [-0.3, -0.25) is 4.79 Å². The summed E-state index contributed by atoms with van der Waals surface area (Å²) >= 11 is 0. The summed E-state index contributed by atoms with van der Waals surface area (Å²) in [5, 5.41) is 2.79. The van der Waals surface area contributed by atoms with E-state index in [1.54, 1.807) is 0 Å². The normalized spacial score (nSPS) is 12.4. The van der Waals surface area contributed by atoms with Crippen LogP contribution in [-0.2, 0) is 16.0 Å². The number of carbonyl (C=O) groups excluding carboxylic acids is 1. The summed E-state index contributed by atoms with van der Waals surface area (Å²) < 4.78 is 5.35. The predicted octanol–water partition coefficient (Wildman–Crippen LogP) is 1.49. The number of hydrogen-bond acceptors (Lipinski definition) is 3. The van der Waals surface area contributed by atoms with E-state index >= 15 is 0 Å². The van der Waals surface area contributed by atoms with Crippen molar-refractivity contribution in [3.63, 3.8) is 0 Å². The van der Waals surface area contributed by atoms with Crippen molar-refractivity contribution in [3.05, 3.63) is 35.9 Å². The summed E-state index contributed by atoms with van der Waals surface area (Å²) in [7, 11) is 0. The van der Waals surface area contributed by atoms with Gasteiger partial charge in [0.2, 0.25) is 5.91 Å². The molecule has 0 aliphatic rings. The molecule has 0 heterocycles. The fourth-order valence-electron chi connectivity index (χ4n) is 1.70. The third kappa shape index (κ3) is 6.94. The number of nitrogens with one attached hydrogen (secondary N) is 1. The molecule has 0 saturated carbocycles. The van der Waals surface area contributed by atoms with Crippen LogP contribution >= 0.6 is 0 Å². The fourth-order valence-corrected chi connectivity index (χ4v) is 1.70. The quantitative estimate of drug-likeness (QED) is 0.699. The molecule has 106 valence electrons. The Labute approximate surface area is 115 Å². The van der Waals surface area contributed by atoms with E-state index in [1.165, 1.54) is 5.56 Å². The van der Waals surface area contributed by atoms with Gasteiger partial charge in [-0.25, -0.2) is 0 Å². The first-order chi connectivity index (χ1) is 9.09. The van der Waals surface area contributed by atoms with Crippen LogP contribution in [-0.4, -0.2) is 31.2 Å². The van der Waals surface area contributed by atoms with E-state index in [-0.39, 0.29) is 12.0 Å². The van der Waals surface area contributed by atoms with E-state index in [1.807, 2.05) is 44.2 Å². The maximum Gasteiger partial charge on any atom is 0.237 e. The van der Waals surface area contributed by atoms with Crippen LogP contribution in [0.15, 0.2) is 30.3 Å². The average Bonchev–Trinajstić information content (AvgIpc) is 2.41. The van der Waals surface area contributed by atoms with Crippen LogP contribution in [0, 0.1) is 0 Å². The van der Waals surface area contributed by atoms with Gasteiger partial charge in [0.05, 0.1) is 18.8 Å². The molecule has 3 N–H and O–H groups in total. The predicted molar refractivity (Wildman–Crippen MR) is 76.8 cm³/mol. The summed E-state index contributed by atoms with van der Waals surface area (Å²) in [6.45, 7) is 4.96. The third-order valence-electron chi connectivity index (χ3n) is 2.78. The maximum atomic E-state index is 11.7. The molecular weight excluding hydrogens is 240 g/mol. The lowest BCUT2D eigenvalue weighted by molar-refractivity contribution is -0.122. The van der Waals surface area contributed by atoms with Gasteiger partial charge < -0.3 is 15.8 Å². The molecule has 19 heavy (non-hydrogen) atoms. The highest BCUT2D eigenvalue weighted by Gasteiger charge is 2.12. The Bertz CT molecular complexity index is 366. The van der Waals surface area contributed by atoms with Crippen LogP contribution in [0.25, 0.3) is 0 Å². The number of rotatable bonds is 8. The Morgan fingerprint density at radius 3 is 2.63 bits per heavy atom. The second-order valence-corrected chi connectivity index (χ2v) is 4.84. The van der Waals surface area contributed by atoms with Crippen molar-refractivity contribution in [2.75, 3.05) is 13.2 Å². The largest absolute Gasteiger partial charge is 0.377 e. The van der Waals surface area contributed by atoms with Crippen LogP contribution in [0.2, 0.25) is 0 Å². The Balaban J connectivity index is 2.18. The summed E-state index contributed by atoms with van der Waals surface area (Å²) in [6.07, 6.45) is 1.65. The van der Waals surface area contributed by atoms with E-state index in [4.69, 9.17) is 10.5 Å². The maximum absolute atomic E-state index is 11.7. The van der Waals surface area contributed by atoms with Gasteiger partial charge in [0.25, 0.3) is 0 Å². The lowest BCUT2D eigenvalue weighted by Gasteiger charge is -2.13. The highest BCUT2D eigenvalue weighted by atomic mass is 16.5. The minimum atomic E-state index is -0.459. The molecule has 0 radical (unpaired) electrons. The summed E-state index contributed by atoms with van der Waals surface area (Å²) in [4.78, 5) is 11.7. The fraction of sp³-hybridized carbons (Fsp3) is 0.533. The number of nitrogens with two attached hydrogens (primary N) is 1. The molecule has 0 unspecified atom stereocenters. The second-order valence-electron chi connectivity index (χ2n) is 4.84. The third-order valence-corrected chi connectivity index (χ3v) is 2.78. The highest BCUT2D eigenvalue weighted by Crippen LogP contribution is 2.03. The van der Waals surface area contributed by atoms with Crippen molar-refractivity contribution in [3.8, 4) is 0 Å². The number of ether oxygens (including phenoxy) is 1. The zero-order valence-electron chi connectivity index (χ0n) is 11.8. The molecule has 1 aromatic carbocycles. The van der Waals surface area contributed by atoms with Crippen molar-refractivity contribution < 1.29 is 9.53 Å². The Morgan fingerprint density at radius 2 is 2.00 bits per heavy atom. The molecule has 0 aromatic heterocycles. The Hall–Kier alpha value is -1.39. The average molecular weight is 264 g/mol. The zero-order chi connectivity index (χ0) is 14.1. The first kappa shape index (κ1) is 15.7. The van der Waals surface area contributed by atoms with Gasteiger partial charge in [-0.05, 0) is 32.3 Å². The molecule has 1 aromatic rings. The summed E-state index contributed by atoms with van der Waals surface area (Å²) in [6, 6.07) is 9.58. The lowest BCUT2D eigenvalue weighted by atomic mass is 10.1. The Kier molecular flexibility index (Phi) is 7.15.